The average molecular weight is 298 g/mol. The van der Waals surface area contributed by atoms with Crippen LogP contribution in [-0.4, -0.2) is 13.4 Å². The average Bonchev–Trinajstić information content (AvgIpc) is 2.53. The summed E-state index contributed by atoms with van der Waals surface area (Å²) in [6.45, 7) is 0. The summed E-state index contributed by atoms with van der Waals surface area (Å²) >= 11 is 0. The Bertz CT molecular complexity index is 872. The smallest absolute Gasteiger partial charge is 0.151 e. The van der Waals surface area contributed by atoms with Gasteiger partial charge in [0, 0.05) is 17.2 Å². The van der Waals surface area contributed by atoms with Crippen LogP contribution in [0, 0.1) is 11.6 Å². The van der Waals surface area contributed by atoms with E-state index in [2.05, 4.69) is 0 Å². The minimum atomic E-state index is -0.698. The van der Waals surface area contributed by atoms with E-state index in [0.29, 0.717) is 28.5 Å². The molecule has 0 aromatic heterocycles. The van der Waals surface area contributed by atoms with Crippen molar-refractivity contribution in [2.45, 2.75) is 0 Å². The van der Waals surface area contributed by atoms with E-state index in [1.54, 1.807) is 37.4 Å². The number of aldehydes is 1. The first-order valence-corrected chi connectivity index (χ1v) is 6.65. The lowest BCUT2D eigenvalue weighted by molar-refractivity contribution is 0.112. The van der Waals surface area contributed by atoms with E-state index in [1.165, 1.54) is 12.1 Å². The summed E-state index contributed by atoms with van der Waals surface area (Å²) in [6, 6.07) is 12.0. The van der Waals surface area contributed by atoms with Gasteiger partial charge < -0.3 is 4.74 Å². The molecular weight excluding hydrogens is 286 g/mol. The van der Waals surface area contributed by atoms with Gasteiger partial charge in [-0.1, -0.05) is 12.1 Å². The van der Waals surface area contributed by atoms with E-state index in [9.17, 15) is 13.6 Å². The first-order chi connectivity index (χ1) is 10.6. The normalized spacial score (nSPS) is 10.7. The molecule has 0 aliphatic rings. The highest BCUT2D eigenvalue weighted by atomic mass is 19.1. The van der Waals surface area contributed by atoms with E-state index in [-0.39, 0.29) is 5.56 Å². The van der Waals surface area contributed by atoms with Crippen LogP contribution in [0.1, 0.15) is 10.4 Å². The van der Waals surface area contributed by atoms with Gasteiger partial charge in [-0.15, -0.1) is 0 Å². The molecule has 0 saturated carbocycles. The van der Waals surface area contributed by atoms with Crippen molar-refractivity contribution < 1.29 is 18.3 Å². The van der Waals surface area contributed by atoms with Crippen molar-refractivity contribution in [2.75, 3.05) is 7.11 Å². The van der Waals surface area contributed by atoms with Crippen LogP contribution in [0.4, 0.5) is 8.78 Å². The molecule has 0 atom stereocenters. The predicted octanol–water partition coefficient (Wildman–Crippen LogP) is 4.61. The van der Waals surface area contributed by atoms with E-state index in [0.717, 1.165) is 11.5 Å². The molecule has 0 aliphatic heterocycles. The zero-order valence-electron chi connectivity index (χ0n) is 11.8. The minimum Gasteiger partial charge on any atom is -0.497 e. The summed E-state index contributed by atoms with van der Waals surface area (Å²) in [4.78, 5) is 11.5. The zero-order valence-corrected chi connectivity index (χ0v) is 11.8. The van der Waals surface area contributed by atoms with Crippen LogP contribution in [-0.2, 0) is 0 Å². The summed E-state index contributed by atoms with van der Waals surface area (Å²) in [7, 11) is 1.56. The Morgan fingerprint density at radius 2 is 1.73 bits per heavy atom. The van der Waals surface area contributed by atoms with Gasteiger partial charge in [-0.05, 0) is 46.7 Å². The number of halogens is 2. The Balaban J connectivity index is 2.28. The highest BCUT2D eigenvalue weighted by Gasteiger charge is 2.13. The molecule has 3 aromatic carbocycles. The highest BCUT2D eigenvalue weighted by Crippen LogP contribution is 2.32. The largest absolute Gasteiger partial charge is 0.497 e. The summed E-state index contributed by atoms with van der Waals surface area (Å²) in [5.74, 6) is -0.680. The topological polar surface area (TPSA) is 26.3 Å². The molecule has 0 bridgehead atoms. The van der Waals surface area contributed by atoms with Crippen molar-refractivity contribution in [3.8, 4) is 16.9 Å². The first-order valence-electron chi connectivity index (χ1n) is 6.65. The molecule has 22 heavy (non-hydrogen) atoms. The molecule has 3 aromatic rings. The molecule has 2 nitrogen and oxygen atoms in total. The number of carbonyl (C=O) groups is 1. The van der Waals surface area contributed by atoms with Crippen molar-refractivity contribution in [2.24, 2.45) is 0 Å². The number of carbonyl (C=O) groups excluding carboxylic acids is 1. The zero-order chi connectivity index (χ0) is 15.7. The SMILES string of the molecule is COc1ccc2c(C=O)c(-c3ccc(F)cc3F)ccc2c1. The van der Waals surface area contributed by atoms with Gasteiger partial charge in [-0.3, -0.25) is 4.79 Å². The molecular formula is C18H12F2O2. The number of benzene rings is 3. The maximum atomic E-state index is 14.0. The second kappa shape index (κ2) is 5.56. The molecule has 0 heterocycles. The Morgan fingerprint density at radius 1 is 0.955 bits per heavy atom. The molecule has 4 heteroatoms. The lowest BCUT2D eigenvalue weighted by Crippen LogP contribution is -1.94. The number of hydrogen-bond donors (Lipinski definition) is 0. The second-order valence-corrected chi connectivity index (χ2v) is 4.86. The van der Waals surface area contributed by atoms with Crippen molar-refractivity contribution >= 4 is 17.1 Å². The Morgan fingerprint density at radius 3 is 2.41 bits per heavy atom. The number of fused-ring (bicyclic) bond motifs is 1. The number of hydrogen-bond acceptors (Lipinski definition) is 2. The predicted molar refractivity (Wildman–Crippen MR) is 81.2 cm³/mol. The highest BCUT2D eigenvalue weighted by molar-refractivity contribution is 6.05. The van der Waals surface area contributed by atoms with Gasteiger partial charge in [0.15, 0.2) is 6.29 Å². The Labute approximate surface area is 126 Å². The molecule has 0 unspecified atom stereocenters. The van der Waals surface area contributed by atoms with E-state index < -0.39 is 11.6 Å². The van der Waals surface area contributed by atoms with Crippen LogP contribution in [0.15, 0.2) is 48.5 Å². The van der Waals surface area contributed by atoms with Gasteiger partial charge in [-0.25, -0.2) is 8.78 Å². The quantitative estimate of drug-likeness (QED) is 0.660. The van der Waals surface area contributed by atoms with E-state index in [1.807, 2.05) is 0 Å². The van der Waals surface area contributed by atoms with Crippen molar-refractivity contribution in [1.82, 2.24) is 0 Å². The van der Waals surface area contributed by atoms with Gasteiger partial charge in [-0.2, -0.15) is 0 Å². The van der Waals surface area contributed by atoms with Crippen molar-refractivity contribution in [3.63, 3.8) is 0 Å². The maximum Gasteiger partial charge on any atom is 0.151 e. The molecule has 0 amide bonds. The molecule has 0 aliphatic carbocycles. The van der Waals surface area contributed by atoms with Crippen molar-refractivity contribution in [3.05, 3.63) is 65.7 Å². The lowest BCUT2D eigenvalue weighted by Gasteiger charge is -2.11. The fraction of sp³-hybridized carbons (Fsp3) is 0.0556. The first kappa shape index (κ1) is 14.2. The Hall–Kier alpha value is -2.75. The summed E-state index contributed by atoms with van der Waals surface area (Å²) in [6.07, 6.45) is 0.687. The van der Waals surface area contributed by atoms with Gasteiger partial charge in [0.05, 0.1) is 7.11 Å². The molecule has 0 N–H and O–H groups in total. The summed E-state index contributed by atoms with van der Waals surface area (Å²) < 4.78 is 32.2. The van der Waals surface area contributed by atoms with Crippen molar-refractivity contribution in [1.29, 1.82) is 0 Å². The van der Waals surface area contributed by atoms with Gasteiger partial charge in [0.1, 0.15) is 17.4 Å². The Kier molecular flexibility index (Phi) is 3.59. The van der Waals surface area contributed by atoms with Crippen LogP contribution >= 0.6 is 0 Å². The van der Waals surface area contributed by atoms with Crippen LogP contribution in [0.25, 0.3) is 21.9 Å². The number of ether oxygens (including phenoxy) is 1. The van der Waals surface area contributed by atoms with Crippen LogP contribution in [0.3, 0.4) is 0 Å². The molecule has 0 radical (unpaired) electrons. The molecule has 0 spiro atoms. The van der Waals surface area contributed by atoms with Crippen LogP contribution < -0.4 is 4.74 Å². The molecule has 0 saturated heterocycles. The molecule has 0 fully saturated rings. The van der Waals surface area contributed by atoms with Crippen LogP contribution in [0.5, 0.6) is 5.75 Å². The third-order valence-electron chi connectivity index (χ3n) is 3.61. The summed E-state index contributed by atoms with van der Waals surface area (Å²) in [5.41, 5.74) is 0.997. The number of rotatable bonds is 3. The standard InChI is InChI=1S/C18H12F2O2/c1-22-13-4-7-14-11(8-13)2-5-15(17(14)10-21)16-6-3-12(19)9-18(16)20/h2-10H,1H3. The minimum absolute atomic E-state index is 0.196. The van der Waals surface area contributed by atoms with E-state index >= 15 is 0 Å². The van der Waals surface area contributed by atoms with Gasteiger partial charge in [0.2, 0.25) is 0 Å². The monoisotopic (exact) mass is 298 g/mol. The number of methoxy groups -OCH3 is 1. The third kappa shape index (κ3) is 2.33. The van der Waals surface area contributed by atoms with Crippen LogP contribution in [0.2, 0.25) is 0 Å². The van der Waals surface area contributed by atoms with Gasteiger partial charge in [0.25, 0.3) is 0 Å². The maximum absolute atomic E-state index is 14.0. The van der Waals surface area contributed by atoms with Gasteiger partial charge >= 0.3 is 0 Å². The van der Waals surface area contributed by atoms with E-state index in [4.69, 9.17) is 4.74 Å². The lowest BCUT2D eigenvalue weighted by atomic mass is 9.94. The third-order valence-corrected chi connectivity index (χ3v) is 3.61. The molecule has 3 rings (SSSR count). The molecule has 110 valence electrons. The fourth-order valence-corrected chi connectivity index (χ4v) is 2.53. The fourth-order valence-electron chi connectivity index (χ4n) is 2.53. The second-order valence-electron chi connectivity index (χ2n) is 4.86. The summed E-state index contributed by atoms with van der Waals surface area (Å²) in [5, 5.41) is 1.50.